The number of rotatable bonds is 10. The smallest absolute Gasteiger partial charge is 0.329 e. The largest absolute Gasteiger partial charge is 0.460 e. The van der Waals surface area contributed by atoms with Crippen LogP contribution in [0.5, 0.6) is 0 Å². The van der Waals surface area contributed by atoms with Crippen molar-refractivity contribution in [2.75, 3.05) is 40.6 Å². The molecule has 17 nitrogen and oxygen atoms in total. The van der Waals surface area contributed by atoms with Crippen LogP contribution in [0, 0.1) is 46.8 Å². The number of piperidine rings is 1. The number of Topliss-reactive ketones (excluding diaryl/α,β-unsaturated/α-hetero) is 3. The molecule has 73 heavy (non-hydrogen) atoms. The molecular weight excluding hydrogens is 943 g/mol. The number of nitrogens with zero attached hydrogens (tertiary/aromatic N) is 1. The van der Waals surface area contributed by atoms with Gasteiger partial charge in [-0.2, -0.15) is 0 Å². The minimum Gasteiger partial charge on any atom is -0.460 e. The molecule has 4 rings (SSSR count). The van der Waals surface area contributed by atoms with Gasteiger partial charge in [0.1, 0.15) is 29.4 Å². The summed E-state index contributed by atoms with van der Waals surface area (Å²) in [6.45, 7) is 12.0. The van der Waals surface area contributed by atoms with E-state index in [4.69, 9.17) is 23.7 Å². The van der Waals surface area contributed by atoms with Crippen molar-refractivity contribution in [2.45, 2.75) is 181 Å². The maximum Gasteiger partial charge on any atom is 0.329 e. The van der Waals surface area contributed by atoms with Crippen LogP contribution in [0.4, 0.5) is 0 Å². The van der Waals surface area contributed by atoms with Crippen molar-refractivity contribution in [1.29, 1.82) is 0 Å². The second-order valence-electron chi connectivity index (χ2n) is 22.0. The lowest BCUT2D eigenvalue weighted by atomic mass is 9.78. The summed E-state index contributed by atoms with van der Waals surface area (Å²) in [4.78, 5) is 85.3. The maximum absolute atomic E-state index is 14.5. The molecule has 2 bridgehead atoms. The van der Waals surface area contributed by atoms with Crippen molar-refractivity contribution in [3.8, 4) is 0 Å². The third kappa shape index (κ3) is 16.0. The highest BCUT2D eigenvalue weighted by molar-refractivity contribution is 6.39. The predicted octanol–water partition coefficient (Wildman–Crippen LogP) is 5.32. The molecule has 3 aliphatic heterocycles. The van der Waals surface area contributed by atoms with Gasteiger partial charge in [-0.3, -0.25) is 24.0 Å². The Morgan fingerprint density at radius 2 is 1.59 bits per heavy atom. The number of ether oxygens (including phenoxy) is 5. The van der Waals surface area contributed by atoms with Crippen LogP contribution >= 0.6 is 0 Å². The van der Waals surface area contributed by atoms with Gasteiger partial charge in [0.05, 0.1) is 50.2 Å². The van der Waals surface area contributed by atoms with E-state index in [1.165, 1.54) is 14.0 Å². The molecule has 3 fully saturated rings. The fraction of sp³-hybridized carbons (Fsp3) is 0.750. The molecule has 17 heteroatoms. The Morgan fingerprint density at radius 3 is 2.23 bits per heavy atom. The zero-order chi connectivity index (χ0) is 54.4. The average molecular weight is 1030 g/mol. The number of methoxy groups -OCH3 is 2. The van der Waals surface area contributed by atoms with E-state index in [-0.39, 0.29) is 49.0 Å². The molecule has 5 N–H and O–H groups in total. The molecule has 0 radical (unpaired) electrons. The van der Waals surface area contributed by atoms with Crippen molar-refractivity contribution in [2.24, 2.45) is 46.8 Å². The Bertz CT molecular complexity index is 2010. The minimum absolute atomic E-state index is 0.0304. The fourth-order valence-corrected chi connectivity index (χ4v) is 10.8. The van der Waals surface area contributed by atoms with Gasteiger partial charge in [0.2, 0.25) is 5.79 Å². The van der Waals surface area contributed by atoms with Gasteiger partial charge in [0.25, 0.3) is 11.7 Å². The number of aliphatic hydroxyl groups is 5. The summed E-state index contributed by atoms with van der Waals surface area (Å²) in [6.07, 6.45) is 10.7. The number of aliphatic hydroxyl groups excluding tert-OH is 4. The average Bonchev–Trinajstić information content (AvgIpc) is 3.37. The molecule has 1 aliphatic carbocycles. The van der Waals surface area contributed by atoms with Crippen molar-refractivity contribution < 1.29 is 78.0 Å². The third-order valence-electron chi connectivity index (χ3n) is 16.0. The number of ketones is 3. The number of esters is 2. The number of allylic oxidation sites excluding steroid dienone is 6. The van der Waals surface area contributed by atoms with Gasteiger partial charge in [-0.05, 0) is 114 Å². The van der Waals surface area contributed by atoms with Crippen molar-refractivity contribution >= 4 is 35.2 Å². The molecular formula is C56H87NO16. The molecule has 0 aromatic rings. The number of amides is 1. The van der Waals surface area contributed by atoms with Crippen molar-refractivity contribution in [1.82, 2.24) is 4.90 Å². The molecule has 0 aromatic carbocycles. The first-order valence-corrected chi connectivity index (χ1v) is 26.5. The summed E-state index contributed by atoms with van der Waals surface area (Å²) in [6, 6.07) is -1.21. The Kier molecular flexibility index (Phi) is 23.9. The van der Waals surface area contributed by atoms with Gasteiger partial charge >= 0.3 is 11.9 Å². The number of carbonyl (C=O) groups is 6. The Morgan fingerprint density at radius 1 is 0.890 bits per heavy atom. The van der Waals surface area contributed by atoms with Crippen LogP contribution in [-0.2, 0) is 52.5 Å². The molecule has 4 aliphatic rings. The number of fused-ring (bicyclic) bond motifs is 3. The summed E-state index contributed by atoms with van der Waals surface area (Å²) in [5.74, 6) is -10.7. The Balaban J connectivity index is 1.69. The topological polar surface area (TPSA) is 253 Å². The summed E-state index contributed by atoms with van der Waals surface area (Å²) >= 11 is 0. The third-order valence-corrected chi connectivity index (χ3v) is 16.0. The number of cyclic esters (lactones) is 1. The Labute approximate surface area is 432 Å². The second kappa shape index (κ2) is 28.3. The van der Waals surface area contributed by atoms with E-state index in [0.717, 1.165) is 10.5 Å². The highest BCUT2D eigenvalue weighted by atomic mass is 16.6. The predicted molar refractivity (Wildman–Crippen MR) is 271 cm³/mol. The van der Waals surface area contributed by atoms with Crippen LogP contribution in [-0.4, -0.2) is 155 Å². The monoisotopic (exact) mass is 1030 g/mol. The first-order chi connectivity index (χ1) is 34.5. The quantitative estimate of drug-likeness (QED) is 0.137. The van der Waals surface area contributed by atoms with Gasteiger partial charge in [-0.1, -0.05) is 71.1 Å². The lowest BCUT2D eigenvalue weighted by Crippen LogP contribution is -2.61. The molecule has 2 saturated heterocycles. The molecule has 1 saturated carbocycles. The lowest BCUT2D eigenvalue weighted by molar-refractivity contribution is -0.265. The molecule has 0 aromatic heterocycles. The van der Waals surface area contributed by atoms with E-state index < -0.39 is 133 Å². The van der Waals surface area contributed by atoms with Gasteiger partial charge in [-0.25, -0.2) is 4.79 Å². The van der Waals surface area contributed by atoms with Crippen LogP contribution < -0.4 is 0 Å². The zero-order valence-corrected chi connectivity index (χ0v) is 45.0. The SMILES string of the molecule is CO[C@H]1C[C@@H]2CC[C@@H](C)[C@@](O)(O2)C(=O)C(=O)N2CCCC[C@H]2C(=O)O[C@H]([C@H](C)CC2CC[C@@H](OC(=O)C(C)(CO)CO)[C@H](OC)C2)CC(=O)/C(C)=C/C(C)[C@@H](O)[C@@H](CO)C(=O)[C@H](C)C[C@H](C)C=CC=CC=C1C. The van der Waals surface area contributed by atoms with E-state index in [9.17, 15) is 54.3 Å². The van der Waals surface area contributed by atoms with E-state index >= 15 is 0 Å². The Hall–Kier alpha value is -3.94. The fourth-order valence-electron chi connectivity index (χ4n) is 10.8. The van der Waals surface area contributed by atoms with Gasteiger partial charge in [0.15, 0.2) is 5.78 Å². The molecule has 3 heterocycles. The van der Waals surface area contributed by atoms with E-state index in [2.05, 4.69) is 0 Å². The van der Waals surface area contributed by atoms with Gasteiger partial charge in [0, 0.05) is 51.4 Å². The van der Waals surface area contributed by atoms with E-state index in [0.29, 0.717) is 57.8 Å². The van der Waals surface area contributed by atoms with Gasteiger partial charge in [-0.15, -0.1) is 0 Å². The minimum atomic E-state index is -2.48. The standard InChI is InChI=1S/C56H87NO16/c1-33-16-12-11-13-17-34(2)46(69-9)28-41-21-19-39(7)56(68,73-41)51(64)52(65)57-23-15-14-18-43(57)53(66)71-47(29-44(61)35(3)25-38(6)50(63)42(30-58)49(62)37(5)24-33)36(4)26-40-20-22-45(48(27-40)70-10)72-54(67)55(8,31-59)32-60/h11-13,16-17,25,33,36-43,45-48,50,58-60,63,68H,14-15,18-24,26-32H2,1-10H3/b13-11?,16-12?,34-17?,35-25+/t33-,36-,37-,38?,39-,40?,41+,42+,43+,45-,46+,47+,48-,50-,56-/m1/s1. The van der Waals surface area contributed by atoms with E-state index in [1.54, 1.807) is 40.9 Å². The summed E-state index contributed by atoms with van der Waals surface area (Å²) < 4.78 is 29.8. The van der Waals surface area contributed by atoms with Crippen molar-refractivity contribution in [3.63, 3.8) is 0 Å². The molecule has 15 atom stereocenters. The zero-order valence-electron chi connectivity index (χ0n) is 45.0. The number of carbonyl (C=O) groups excluding carboxylic acids is 6. The lowest BCUT2D eigenvalue weighted by Gasteiger charge is -2.42. The molecule has 2 unspecified atom stereocenters. The molecule has 0 spiro atoms. The van der Waals surface area contributed by atoms with Gasteiger partial charge < -0.3 is 54.1 Å². The summed E-state index contributed by atoms with van der Waals surface area (Å²) in [7, 11) is 3.06. The number of hydrogen-bond acceptors (Lipinski definition) is 16. The second-order valence-corrected chi connectivity index (χ2v) is 22.0. The summed E-state index contributed by atoms with van der Waals surface area (Å²) in [5.41, 5.74) is -0.403. The highest BCUT2D eigenvalue weighted by Crippen LogP contribution is 2.38. The maximum atomic E-state index is 14.5. The first kappa shape index (κ1) is 61.6. The molecule has 1 amide bonds. The number of hydrogen-bond donors (Lipinski definition) is 5. The van der Waals surface area contributed by atoms with Crippen LogP contribution in [0.2, 0.25) is 0 Å². The van der Waals surface area contributed by atoms with Crippen LogP contribution in [0.1, 0.15) is 132 Å². The van der Waals surface area contributed by atoms with Crippen molar-refractivity contribution in [3.05, 3.63) is 47.6 Å². The van der Waals surface area contributed by atoms with Crippen LogP contribution in [0.25, 0.3) is 0 Å². The molecule has 412 valence electrons. The van der Waals surface area contributed by atoms with E-state index in [1.807, 2.05) is 51.2 Å². The van der Waals surface area contributed by atoms with Crippen LogP contribution in [0.15, 0.2) is 47.6 Å². The first-order valence-electron chi connectivity index (χ1n) is 26.5. The van der Waals surface area contributed by atoms with Crippen LogP contribution in [0.3, 0.4) is 0 Å². The normalized spacial score (nSPS) is 35.8. The summed E-state index contributed by atoms with van der Waals surface area (Å²) in [5, 5.41) is 53.5. The highest BCUT2D eigenvalue weighted by Gasteiger charge is 2.53.